The predicted molar refractivity (Wildman–Crippen MR) is 43.5 cm³/mol. The number of halogens is 1. The maximum atomic E-state index is 3.48. The molecule has 1 saturated heterocycles. The van der Waals surface area contributed by atoms with E-state index in [0.717, 1.165) is 5.92 Å². The third-order valence-corrected chi connectivity index (χ3v) is 2.85. The van der Waals surface area contributed by atoms with Gasteiger partial charge in [-0.05, 0) is 18.8 Å². The Bertz CT molecular complexity index is 77.0. The highest BCUT2D eigenvalue weighted by molar-refractivity contribution is 9.07. The van der Waals surface area contributed by atoms with Crippen LogP contribution in [0.4, 0.5) is 0 Å². The molecule has 0 aromatic rings. The van der Waals surface area contributed by atoms with Gasteiger partial charge in [-0.2, -0.15) is 0 Å². The van der Waals surface area contributed by atoms with Crippen molar-refractivity contribution in [3.63, 3.8) is 0 Å². The molecule has 54 valence electrons. The zero-order valence-corrected chi connectivity index (χ0v) is 7.52. The van der Waals surface area contributed by atoms with E-state index >= 15 is 0 Å². The van der Waals surface area contributed by atoms with Crippen molar-refractivity contribution in [3.8, 4) is 0 Å². The second kappa shape index (κ2) is 3.57. The van der Waals surface area contributed by atoms with Crippen LogP contribution in [-0.4, -0.2) is 17.0 Å². The van der Waals surface area contributed by atoms with Crippen molar-refractivity contribution in [2.24, 2.45) is 5.92 Å². The van der Waals surface area contributed by atoms with Gasteiger partial charge in [0, 0.05) is 29.2 Å². The first kappa shape index (κ1) is 7.55. The summed E-state index contributed by atoms with van der Waals surface area (Å²) in [5, 5.41) is 0. The highest BCUT2D eigenvalue weighted by Gasteiger charge is 2.14. The van der Waals surface area contributed by atoms with Crippen molar-refractivity contribution < 1.29 is 0 Å². The molecule has 0 spiro atoms. The smallest absolute Gasteiger partial charge is 0.0120 e. The number of rotatable bonds is 1. The lowest BCUT2D eigenvalue weighted by Crippen LogP contribution is -2.25. The molecule has 1 aliphatic heterocycles. The van der Waals surface area contributed by atoms with Gasteiger partial charge < -0.3 is 0 Å². The minimum atomic E-state index is 0.999. The summed E-state index contributed by atoms with van der Waals surface area (Å²) >= 11 is 3.48. The van der Waals surface area contributed by atoms with Crippen LogP contribution in [0, 0.1) is 5.92 Å². The van der Waals surface area contributed by atoms with Crippen LogP contribution in [0.1, 0.15) is 26.2 Å². The first-order valence-corrected chi connectivity index (χ1v) is 4.44. The third kappa shape index (κ3) is 2.26. The average Bonchev–Trinajstić information content (AvgIpc) is 1.90. The van der Waals surface area contributed by atoms with Gasteiger partial charge in [0.05, 0.1) is 0 Å². The highest BCUT2D eigenvalue weighted by atomic mass is 79.9. The summed E-state index contributed by atoms with van der Waals surface area (Å²) in [5.41, 5.74) is 0. The average molecular weight is 192 g/mol. The molecule has 1 aliphatic rings. The SMILES string of the molecule is CCC1CCN(Br)CC1. The van der Waals surface area contributed by atoms with Crippen molar-refractivity contribution in [2.75, 3.05) is 13.1 Å². The van der Waals surface area contributed by atoms with E-state index in [2.05, 4.69) is 27.0 Å². The normalized spacial score (nSPS) is 24.7. The van der Waals surface area contributed by atoms with Crippen molar-refractivity contribution in [2.45, 2.75) is 26.2 Å². The van der Waals surface area contributed by atoms with E-state index in [1.54, 1.807) is 0 Å². The molecule has 0 N–H and O–H groups in total. The molecule has 0 radical (unpaired) electrons. The van der Waals surface area contributed by atoms with E-state index in [0.29, 0.717) is 0 Å². The molecule has 9 heavy (non-hydrogen) atoms. The Morgan fingerprint density at radius 1 is 1.44 bits per heavy atom. The second-order valence-corrected chi connectivity index (χ2v) is 3.76. The van der Waals surface area contributed by atoms with Crippen LogP contribution in [-0.2, 0) is 0 Å². The Labute approximate surface area is 65.8 Å². The van der Waals surface area contributed by atoms with Crippen LogP contribution in [0.2, 0.25) is 0 Å². The van der Waals surface area contributed by atoms with E-state index in [9.17, 15) is 0 Å². The minimum absolute atomic E-state index is 0.999. The topological polar surface area (TPSA) is 3.24 Å². The van der Waals surface area contributed by atoms with E-state index in [1.807, 2.05) is 0 Å². The van der Waals surface area contributed by atoms with Crippen molar-refractivity contribution in [3.05, 3.63) is 0 Å². The van der Waals surface area contributed by atoms with E-state index in [4.69, 9.17) is 0 Å². The van der Waals surface area contributed by atoms with Gasteiger partial charge in [0.15, 0.2) is 0 Å². The molecule has 0 aromatic carbocycles. The number of piperidine rings is 1. The van der Waals surface area contributed by atoms with Crippen molar-refractivity contribution >= 4 is 16.1 Å². The molecule has 2 heteroatoms. The summed E-state index contributed by atoms with van der Waals surface area (Å²) in [6, 6.07) is 0. The van der Waals surface area contributed by atoms with Gasteiger partial charge in [0.1, 0.15) is 0 Å². The first-order valence-electron chi connectivity index (χ1n) is 3.73. The third-order valence-electron chi connectivity index (χ3n) is 2.14. The zero-order chi connectivity index (χ0) is 6.69. The van der Waals surface area contributed by atoms with Crippen LogP contribution < -0.4 is 0 Å². The summed E-state index contributed by atoms with van der Waals surface area (Å²) in [4.78, 5) is 0. The summed E-state index contributed by atoms with van der Waals surface area (Å²) < 4.78 is 2.24. The van der Waals surface area contributed by atoms with Gasteiger partial charge in [-0.3, -0.25) is 0 Å². The van der Waals surface area contributed by atoms with Crippen LogP contribution in [0.25, 0.3) is 0 Å². The number of hydrogen-bond donors (Lipinski definition) is 0. The van der Waals surface area contributed by atoms with E-state index in [-0.39, 0.29) is 0 Å². The second-order valence-electron chi connectivity index (χ2n) is 2.76. The number of hydrogen-bond acceptors (Lipinski definition) is 1. The van der Waals surface area contributed by atoms with E-state index < -0.39 is 0 Å². The summed E-state index contributed by atoms with van der Waals surface area (Å²) in [5.74, 6) is 0.999. The van der Waals surface area contributed by atoms with Gasteiger partial charge in [0.25, 0.3) is 0 Å². The Morgan fingerprint density at radius 3 is 2.44 bits per heavy atom. The largest absolute Gasteiger partial charge is 0.242 e. The summed E-state index contributed by atoms with van der Waals surface area (Å²) in [6.45, 7) is 4.76. The maximum absolute atomic E-state index is 3.48. The molecule has 1 rings (SSSR count). The molecular formula is C7H14BrN. The van der Waals surface area contributed by atoms with Gasteiger partial charge in [-0.1, -0.05) is 13.3 Å². The van der Waals surface area contributed by atoms with Crippen molar-refractivity contribution in [1.29, 1.82) is 0 Å². The van der Waals surface area contributed by atoms with Crippen molar-refractivity contribution in [1.82, 2.24) is 3.93 Å². The van der Waals surface area contributed by atoms with Crippen LogP contribution >= 0.6 is 16.1 Å². The van der Waals surface area contributed by atoms with Gasteiger partial charge in [0.2, 0.25) is 0 Å². The lowest BCUT2D eigenvalue weighted by atomic mass is 9.96. The molecule has 0 saturated carbocycles. The monoisotopic (exact) mass is 191 g/mol. The molecule has 0 atom stereocenters. The first-order chi connectivity index (χ1) is 4.33. The molecular weight excluding hydrogens is 178 g/mol. The fraction of sp³-hybridized carbons (Fsp3) is 1.00. The van der Waals surface area contributed by atoms with Crippen LogP contribution in [0.15, 0.2) is 0 Å². The molecule has 0 unspecified atom stereocenters. The molecule has 0 aliphatic carbocycles. The molecule has 0 bridgehead atoms. The Hall–Kier alpha value is 0.440. The Kier molecular flexibility index (Phi) is 2.99. The predicted octanol–water partition coefficient (Wildman–Crippen LogP) is 2.42. The van der Waals surface area contributed by atoms with Crippen LogP contribution in [0.3, 0.4) is 0 Å². The molecule has 0 aromatic heterocycles. The number of nitrogens with zero attached hydrogens (tertiary/aromatic N) is 1. The fourth-order valence-corrected chi connectivity index (χ4v) is 1.72. The summed E-state index contributed by atoms with van der Waals surface area (Å²) in [7, 11) is 0. The maximum Gasteiger partial charge on any atom is 0.0120 e. The highest BCUT2D eigenvalue weighted by Crippen LogP contribution is 2.21. The summed E-state index contributed by atoms with van der Waals surface area (Å²) in [6.07, 6.45) is 4.12. The quantitative estimate of drug-likeness (QED) is 0.576. The molecule has 0 amide bonds. The molecule has 1 fully saturated rings. The lowest BCUT2D eigenvalue weighted by molar-refractivity contribution is 0.293. The molecule has 1 heterocycles. The van der Waals surface area contributed by atoms with E-state index in [1.165, 1.54) is 32.4 Å². The fourth-order valence-electron chi connectivity index (χ4n) is 1.31. The standard InChI is InChI=1S/C7H14BrN/c1-2-7-3-5-9(8)6-4-7/h7H,2-6H2,1H3. The minimum Gasteiger partial charge on any atom is -0.242 e. The van der Waals surface area contributed by atoms with Gasteiger partial charge >= 0.3 is 0 Å². The van der Waals surface area contributed by atoms with Crippen LogP contribution in [0.5, 0.6) is 0 Å². The van der Waals surface area contributed by atoms with Gasteiger partial charge in [-0.15, -0.1) is 0 Å². The molecule has 1 nitrogen and oxygen atoms in total. The Morgan fingerprint density at radius 2 is 2.00 bits per heavy atom. The zero-order valence-electron chi connectivity index (χ0n) is 5.94. The van der Waals surface area contributed by atoms with Gasteiger partial charge in [-0.25, -0.2) is 3.93 Å². The lowest BCUT2D eigenvalue weighted by Gasteiger charge is -2.26. The Balaban J connectivity index is 2.18.